The molecule has 2 aromatic heterocycles. The molecule has 0 aliphatic carbocycles. The molecule has 0 fully saturated rings. The van der Waals surface area contributed by atoms with Gasteiger partial charge in [-0.15, -0.1) is 0 Å². The molecule has 6 heteroatoms. The number of benzene rings is 1. The Morgan fingerprint density at radius 3 is 3.00 bits per heavy atom. The van der Waals surface area contributed by atoms with E-state index in [1.54, 1.807) is 12.5 Å². The van der Waals surface area contributed by atoms with Gasteiger partial charge < -0.3 is 15.6 Å². The summed E-state index contributed by atoms with van der Waals surface area (Å²) in [5.74, 6) is 1.45. The third-order valence-corrected chi connectivity index (χ3v) is 3.01. The Morgan fingerprint density at radius 2 is 2.16 bits per heavy atom. The van der Waals surface area contributed by atoms with Crippen LogP contribution in [0.15, 0.2) is 36.8 Å². The van der Waals surface area contributed by atoms with E-state index in [2.05, 4.69) is 19.9 Å². The zero-order valence-corrected chi connectivity index (χ0v) is 10.5. The van der Waals surface area contributed by atoms with Crippen LogP contribution in [0.1, 0.15) is 5.82 Å². The predicted octanol–water partition coefficient (Wildman–Crippen LogP) is 1.58. The number of nitrogens with zero attached hydrogens (tertiary/aromatic N) is 4. The lowest BCUT2D eigenvalue weighted by atomic mass is 10.2. The SMILES string of the molecule is CN(c1ccc2nc[nH]c2c1)c1ccnc(CN)n1. The van der Waals surface area contributed by atoms with Crippen LogP contribution in [0.3, 0.4) is 0 Å². The summed E-state index contributed by atoms with van der Waals surface area (Å²) in [6.45, 7) is 0.335. The van der Waals surface area contributed by atoms with Crippen LogP contribution in [0.4, 0.5) is 11.5 Å². The zero-order valence-electron chi connectivity index (χ0n) is 10.5. The summed E-state index contributed by atoms with van der Waals surface area (Å²) >= 11 is 0. The lowest BCUT2D eigenvalue weighted by Crippen LogP contribution is -2.13. The third-order valence-electron chi connectivity index (χ3n) is 3.01. The van der Waals surface area contributed by atoms with Crippen molar-refractivity contribution in [1.29, 1.82) is 0 Å². The van der Waals surface area contributed by atoms with Crippen molar-refractivity contribution >= 4 is 22.5 Å². The number of nitrogens with two attached hydrogens (primary N) is 1. The predicted molar refractivity (Wildman–Crippen MR) is 74.1 cm³/mol. The molecule has 0 bridgehead atoms. The number of rotatable bonds is 3. The highest BCUT2D eigenvalue weighted by Gasteiger charge is 2.07. The highest BCUT2D eigenvalue weighted by molar-refractivity contribution is 5.80. The Hall–Kier alpha value is -2.47. The number of hydrogen-bond acceptors (Lipinski definition) is 5. The van der Waals surface area contributed by atoms with Crippen molar-refractivity contribution in [3.8, 4) is 0 Å². The quantitative estimate of drug-likeness (QED) is 0.741. The summed E-state index contributed by atoms with van der Waals surface area (Å²) in [4.78, 5) is 17.8. The number of aromatic amines is 1. The van der Waals surface area contributed by atoms with Crippen LogP contribution in [0.2, 0.25) is 0 Å². The van der Waals surface area contributed by atoms with Gasteiger partial charge in [0, 0.05) is 18.9 Å². The summed E-state index contributed by atoms with van der Waals surface area (Å²) in [5, 5.41) is 0. The van der Waals surface area contributed by atoms with Gasteiger partial charge in [-0.2, -0.15) is 0 Å². The number of imidazole rings is 1. The van der Waals surface area contributed by atoms with E-state index in [9.17, 15) is 0 Å². The second-order valence-corrected chi connectivity index (χ2v) is 4.20. The van der Waals surface area contributed by atoms with Crippen molar-refractivity contribution in [2.24, 2.45) is 5.73 Å². The molecule has 96 valence electrons. The topological polar surface area (TPSA) is 83.7 Å². The fraction of sp³-hybridized carbons (Fsp3) is 0.154. The van der Waals surface area contributed by atoms with Gasteiger partial charge in [0.05, 0.1) is 23.9 Å². The summed E-state index contributed by atoms with van der Waals surface area (Å²) in [6, 6.07) is 7.87. The minimum absolute atomic E-state index is 0.335. The molecule has 0 atom stereocenters. The number of fused-ring (bicyclic) bond motifs is 1. The molecule has 0 spiro atoms. The van der Waals surface area contributed by atoms with Crippen LogP contribution in [0, 0.1) is 0 Å². The molecule has 0 saturated heterocycles. The van der Waals surface area contributed by atoms with E-state index in [-0.39, 0.29) is 0 Å². The van der Waals surface area contributed by atoms with Crippen LogP contribution >= 0.6 is 0 Å². The lowest BCUT2D eigenvalue weighted by Gasteiger charge is -2.18. The monoisotopic (exact) mass is 254 g/mol. The molecule has 19 heavy (non-hydrogen) atoms. The van der Waals surface area contributed by atoms with Gasteiger partial charge in [0.1, 0.15) is 11.6 Å². The fourth-order valence-electron chi connectivity index (χ4n) is 1.94. The summed E-state index contributed by atoms with van der Waals surface area (Å²) in [6.07, 6.45) is 3.40. The maximum atomic E-state index is 5.56. The summed E-state index contributed by atoms with van der Waals surface area (Å²) in [5.41, 5.74) is 8.53. The van der Waals surface area contributed by atoms with E-state index >= 15 is 0 Å². The van der Waals surface area contributed by atoms with Gasteiger partial charge >= 0.3 is 0 Å². The minimum Gasteiger partial charge on any atom is -0.345 e. The first-order valence-corrected chi connectivity index (χ1v) is 5.97. The highest BCUT2D eigenvalue weighted by atomic mass is 15.2. The van der Waals surface area contributed by atoms with Crippen LogP contribution in [0.25, 0.3) is 11.0 Å². The number of H-pyrrole nitrogens is 1. The largest absolute Gasteiger partial charge is 0.345 e. The van der Waals surface area contributed by atoms with Gasteiger partial charge in [0.25, 0.3) is 0 Å². The number of anilines is 2. The number of nitrogens with one attached hydrogen (secondary N) is 1. The van der Waals surface area contributed by atoms with Crippen molar-refractivity contribution in [2.45, 2.75) is 6.54 Å². The van der Waals surface area contributed by atoms with Crippen molar-refractivity contribution in [3.63, 3.8) is 0 Å². The number of hydrogen-bond donors (Lipinski definition) is 2. The average Bonchev–Trinajstić information content (AvgIpc) is 2.94. The Morgan fingerprint density at radius 1 is 1.26 bits per heavy atom. The van der Waals surface area contributed by atoms with Crippen molar-refractivity contribution in [3.05, 3.63) is 42.6 Å². The van der Waals surface area contributed by atoms with Gasteiger partial charge in [-0.3, -0.25) is 0 Å². The lowest BCUT2D eigenvalue weighted by molar-refractivity contribution is 0.899. The molecule has 0 amide bonds. The Balaban J connectivity index is 1.99. The molecule has 0 saturated carbocycles. The molecule has 3 aromatic rings. The first-order chi connectivity index (χ1) is 9.28. The smallest absolute Gasteiger partial charge is 0.144 e. The molecule has 3 N–H and O–H groups in total. The Kier molecular flexibility index (Phi) is 2.85. The van der Waals surface area contributed by atoms with Gasteiger partial charge in [-0.25, -0.2) is 15.0 Å². The first kappa shape index (κ1) is 11.6. The van der Waals surface area contributed by atoms with Gasteiger partial charge in [-0.1, -0.05) is 0 Å². The Labute approximate surface area is 110 Å². The third kappa shape index (κ3) is 2.13. The summed E-state index contributed by atoms with van der Waals surface area (Å²) in [7, 11) is 1.96. The maximum Gasteiger partial charge on any atom is 0.144 e. The van der Waals surface area contributed by atoms with Crippen molar-refractivity contribution < 1.29 is 0 Å². The van der Waals surface area contributed by atoms with Gasteiger partial charge in [-0.05, 0) is 24.3 Å². The standard InChI is InChI=1S/C13H14N6/c1-19(13-4-5-15-12(7-14)18-13)9-2-3-10-11(6-9)17-8-16-10/h2-6,8H,7,14H2,1H3,(H,16,17). The van der Waals surface area contributed by atoms with Crippen molar-refractivity contribution in [1.82, 2.24) is 19.9 Å². The second kappa shape index (κ2) is 4.66. The fourth-order valence-corrected chi connectivity index (χ4v) is 1.94. The molecule has 6 nitrogen and oxygen atoms in total. The molecule has 0 aliphatic rings. The molecule has 2 heterocycles. The van der Waals surface area contributed by atoms with Crippen LogP contribution in [0.5, 0.6) is 0 Å². The van der Waals surface area contributed by atoms with E-state index in [1.165, 1.54) is 0 Å². The normalized spacial score (nSPS) is 10.8. The molecule has 1 aromatic carbocycles. The Bertz CT molecular complexity index is 705. The molecule has 0 radical (unpaired) electrons. The van der Waals surface area contributed by atoms with E-state index in [4.69, 9.17) is 5.73 Å². The highest BCUT2D eigenvalue weighted by Crippen LogP contribution is 2.24. The molecule has 0 aliphatic heterocycles. The zero-order chi connectivity index (χ0) is 13.2. The van der Waals surface area contributed by atoms with Gasteiger partial charge in [0.2, 0.25) is 0 Å². The van der Waals surface area contributed by atoms with Crippen LogP contribution in [-0.2, 0) is 6.54 Å². The molecular formula is C13H14N6. The maximum absolute atomic E-state index is 5.56. The van der Waals surface area contributed by atoms with E-state index in [0.29, 0.717) is 12.4 Å². The first-order valence-electron chi connectivity index (χ1n) is 5.97. The van der Waals surface area contributed by atoms with E-state index < -0.39 is 0 Å². The van der Waals surface area contributed by atoms with Crippen LogP contribution < -0.4 is 10.6 Å². The van der Waals surface area contributed by atoms with Gasteiger partial charge in [0.15, 0.2) is 0 Å². The average molecular weight is 254 g/mol. The molecular weight excluding hydrogens is 240 g/mol. The number of aromatic nitrogens is 4. The van der Waals surface area contributed by atoms with Crippen molar-refractivity contribution in [2.75, 3.05) is 11.9 Å². The van der Waals surface area contributed by atoms with Crippen LogP contribution in [-0.4, -0.2) is 27.0 Å². The summed E-state index contributed by atoms with van der Waals surface area (Å²) < 4.78 is 0. The minimum atomic E-state index is 0.335. The van der Waals surface area contributed by atoms with E-state index in [0.717, 1.165) is 22.5 Å². The second-order valence-electron chi connectivity index (χ2n) is 4.20. The molecule has 3 rings (SSSR count). The molecule has 0 unspecified atom stereocenters. The van der Waals surface area contributed by atoms with E-state index in [1.807, 2.05) is 36.2 Å².